The molecule has 1 fully saturated rings. The number of likely N-dealkylation sites (N-methyl/N-ethyl adjacent to an activating group) is 1. The molecule has 1 heterocycles. The molecule has 0 bridgehead atoms. The normalized spacial score (nSPS) is 16.7. The Morgan fingerprint density at radius 1 is 1.31 bits per heavy atom. The molecule has 1 aliphatic heterocycles. The number of benzene rings is 1. The fraction of sp³-hybridized carbons (Fsp3) is 0.500. The molecule has 1 aliphatic rings. The summed E-state index contributed by atoms with van der Waals surface area (Å²) in [7, 11) is 3.06. The Labute approximate surface area is 152 Å². The second kappa shape index (κ2) is 9.07. The van der Waals surface area contributed by atoms with Crippen LogP contribution in [-0.2, 0) is 14.4 Å². The lowest BCUT2D eigenvalue weighted by Gasteiger charge is -2.32. The first kappa shape index (κ1) is 19.6. The van der Waals surface area contributed by atoms with Crippen molar-refractivity contribution in [1.82, 2.24) is 9.80 Å². The maximum absolute atomic E-state index is 12.3. The van der Waals surface area contributed by atoms with Gasteiger partial charge in [-0.05, 0) is 25.0 Å². The van der Waals surface area contributed by atoms with Crippen molar-refractivity contribution >= 4 is 17.8 Å². The molecule has 2 amide bonds. The lowest BCUT2D eigenvalue weighted by Crippen LogP contribution is -2.47. The Kier molecular flexibility index (Phi) is 6.82. The molecule has 0 spiro atoms. The number of aliphatic carboxylic acids is 1. The van der Waals surface area contributed by atoms with Gasteiger partial charge in [0.2, 0.25) is 5.91 Å². The van der Waals surface area contributed by atoms with Gasteiger partial charge in [0.15, 0.2) is 6.61 Å². The van der Waals surface area contributed by atoms with Crippen molar-refractivity contribution in [3.05, 3.63) is 24.3 Å². The van der Waals surface area contributed by atoms with Crippen molar-refractivity contribution in [3.8, 4) is 11.5 Å². The van der Waals surface area contributed by atoms with Crippen molar-refractivity contribution in [1.29, 1.82) is 0 Å². The number of piperidine rings is 1. The Morgan fingerprint density at radius 2 is 2.04 bits per heavy atom. The number of carbonyl (C=O) groups excluding carboxylic acids is 2. The summed E-state index contributed by atoms with van der Waals surface area (Å²) in [5.74, 6) is -0.904. The van der Waals surface area contributed by atoms with Gasteiger partial charge in [-0.25, -0.2) is 0 Å². The van der Waals surface area contributed by atoms with Crippen molar-refractivity contribution in [2.45, 2.75) is 12.8 Å². The Bertz CT molecular complexity index is 663. The average Bonchev–Trinajstić information content (AvgIpc) is 2.66. The zero-order valence-corrected chi connectivity index (χ0v) is 15.0. The molecular formula is C18H24N2O6. The minimum Gasteiger partial charge on any atom is -0.497 e. The number of amides is 2. The second-order valence-corrected chi connectivity index (χ2v) is 6.23. The van der Waals surface area contributed by atoms with Crippen LogP contribution in [0, 0.1) is 5.92 Å². The molecule has 0 radical (unpaired) electrons. The average molecular weight is 364 g/mol. The van der Waals surface area contributed by atoms with E-state index in [4.69, 9.17) is 14.6 Å². The zero-order chi connectivity index (χ0) is 19.1. The van der Waals surface area contributed by atoms with Gasteiger partial charge in [-0.2, -0.15) is 0 Å². The highest BCUT2D eigenvalue weighted by atomic mass is 16.5. The summed E-state index contributed by atoms with van der Waals surface area (Å²) in [5.41, 5.74) is 0. The summed E-state index contributed by atoms with van der Waals surface area (Å²) in [5, 5.41) is 9.10. The lowest BCUT2D eigenvalue weighted by molar-refractivity contribution is -0.147. The fourth-order valence-corrected chi connectivity index (χ4v) is 2.74. The fourth-order valence-electron chi connectivity index (χ4n) is 2.74. The van der Waals surface area contributed by atoms with Crippen molar-refractivity contribution in [2.75, 3.05) is 40.4 Å². The number of carbonyl (C=O) groups is 3. The van der Waals surface area contributed by atoms with Gasteiger partial charge in [-0.15, -0.1) is 0 Å². The van der Waals surface area contributed by atoms with Crippen LogP contribution in [0.3, 0.4) is 0 Å². The van der Waals surface area contributed by atoms with Crippen LogP contribution in [0.25, 0.3) is 0 Å². The van der Waals surface area contributed by atoms with Gasteiger partial charge in [-0.1, -0.05) is 6.07 Å². The predicted molar refractivity (Wildman–Crippen MR) is 93.1 cm³/mol. The van der Waals surface area contributed by atoms with E-state index in [1.165, 1.54) is 16.8 Å². The molecule has 1 atom stereocenters. The van der Waals surface area contributed by atoms with E-state index in [1.54, 1.807) is 31.4 Å². The molecule has 0 unspecified atom stereocenters. The molecule has 1 saturated heterocycles. The van der Waals surface area contributed by atoms with E-state index >= 15 is 0 Å². The van der Waals surface area contributed by atoms with Gasteiger partial charge in [0.1, 0.15) is 11.5 Å². The number of methoxy groups -OCH3 is 1. The third kappa shape index (κ3) is 5.37. The van der Waals surface area contributed by atoms with Gasteiger partial charge < -0.3 is 24.4 Å². The summed E-state index contributed by atoms with van der Waals surface area (Å²) in [6, 6.07) is 6.89. The molecule has 1 N–H and O–H groups in total. The van der Waals surface area contributed by atoms with E-state index in [-0.39, 0.29) is 31.5 Å². The predicted octanol–water partition coefficient (Wildman–Crippen LogP) is 0.856. The summed E-state index contributed by atoms with van der Waals surface area (Å²) in [4.78, 5) is 38.4. The molecule has 2 rings (SSSR count). The zero-order valence-electron chi connectivity index (χ0n) is 15.0. The molecule has 1 aromatic carbocycles. The maximum atomic E-state index is 12.3. The largest absolute Gasteiger partial charge is 0.497 e. The summed E-state index contributed by atoms with van der Waals surface area (Å²) in [6.45, 7) is 0.406. The maximum Gasteiger partial charge on any atom is 0.308 e. The molecule has 8 nitrogen and oxygen atoms in total. The van der Waals surface area contributed by atoms with Crippen LogP contribution >= 0.6 is 0 Å². The van der Waals surface area contributed by atoms with Crippen LogP contribution in [0.15, 0.2) is 24.3 Å². The van der Waals surface area contributed by atoms with E-state index in [0.29, 0.717) is 30.9 Å². The second-order valence-electron chi connectivity index (χ2n) is 6.23. The molecule has 1 aromatic rings. The Morgan fingerprint density at radius 3 is 2.73 bits per heavy atom. The molecule has 0 saturated carbocycles. The molecular weight excluding hydrogens is 340 g/mol. The minimum atomic E-state index is -0.890. The minimum absolute atomic E-state index is 0.105. The molecule has 8 heteroatoms. The van der Waals surface area contributed by atoms with Gasteiger partial charge in [0.05, 0.1) is 19.6 Å². The highest BCUT2D eigenvalue weighted by molar-refractivity contribution is 5.85. The van der Waals surface area contributed by atoms with Gasteiger partial charge >= 0.3 is 5.97 Å². The molecule has 26 heavy (non-hydrogen) atoms. The van der Waals surface area contributed by atoms with Crippen LogP contribution in [-0.4, -0.2) is 73.1 Å². The summed E-state index contributed by atoms with van der Waals surface area (Å²) in [6.07, 6.45) is 1.22. The van der Waals surface area contributed by atoms with Crippen molar-refractivity contribution in [2.24, 2.45) is 5.92 Å². The van der Waals surface area contributed by atoms with E-state index in [9.17, 15) is 14.4 Å². The number of hydrogen-bond acceptors (Lipinski definition) is 5. The lowest BCUT2D eigenvalue weighted by atomic mass is 9.98. The van der Waals surface area contributed by atoms with Crippen LogP contribution in [0.4, 0.5) is 0 Å². The third-order valence-electron chi connectivity index (χ3n) is 4.33. The monoisotopic (exact) mass is 364 g/mol. The van der Waals surface area contributed by atoms with Crippen LogP contribution in [0.2, 0.25) is 0 Å². The molecule has 142 valence electrons. The standard InChI is InChI=1S/C18H24N2O6/c1-19(11-16(21)20-8-4-5-13(10-20)18(23)24)17(22)12-26-15-7-3-6-14(9-15)25-2/h3,6-7,9,13H,4-5,8,10-12H2,1-2H3,(H,23,24)/t13-/m1/s1. The van der Waals surface area contributed by atoms with E-state index < -0.39 is 11.9 Å². The van der Waals surface area contributed by atoms with Crippen LogP contribution < -0.4 is 9.47 Å². The topological polar surface area (TPSA) is 96.4 Å². The number of likely N-dealkylation sites (tertiary alicyclic amines) is 1. The highest BCUT2D eigenvalue weighted by Gasteiger charge is 2.29. The Hall–Kier alpha value is -2.77. The van der Waals surface area contributed by atoms with Crippen molar-refractivity contribution < 1.29 is 29.0 Å². The van der Waals surface area contributed by atoms with Crippen LogP contribution in [0.5, 0.6) is 11.5 Å². The smallest absolute Gasteiger partial charge is 0.308 e. The van der Waals surface area contributed by atoms with Gasteiger partial charge in [-0.3, -0.25) is 14.4 Å². The van der Waals surface area contributed by atoms with Gasteiger partial charge in [0.25, 0.3) is 5.91 Å². The number of hydrogen-bond donors (Lipinski definition) is 1. The number of nitrogens with zero attached hydrogens (tertiary/aromatic N) is 2. The van der Waals surface area contributed by atoms with Crippen LogP contribution in [0.1, 0.15) is 12.8 Å². The van der Waals surface area contributed by atoms with Gasteiger partial charge in [0, 0.05) is 26.2 Å². The third-order valence-corrected chi connectivity index (χ3v) is 4.33. The molecule has 0 aliphatic carbocycles. The highest BCUT2D eigenvalue weighted by Crippen LogP contribution is 2.19. The first-order chi connectivity index (χ1) is 12.4. The summed E-state index contributed by atoms with van der Waals surface area (Å²) < 4.78 is 10.5. The first-order valence-corrected chi connectivity index (χ1v) is 8.42. The van der Waals surface area contributed by atoms with E-state index in [0.717, 1.165) is 0 Å². The van der Waals surface area contributed by atoms with E-state index in [1.807, 2.05) is 0 Å². The first-order valence-electron chi connectivity index (χ1n) is 8.42. The number of carboxylic acids is 1. The number of ether oxygens (including phenoxy) is 2. The Balaban J connectivity index is 1.82. The van der Waals surface area contributed by atoms with E-state index in [2.05, 4.69) is 0 Å². The van der Waals surface area contributed by atoms with Crippen molar-refractivity contribution in [3.63, 3.8) is 0 Å². The number of rotatable bonds is 7. The quantitative estimate of drug-likeness (QED) is 0.771. The number of carboxylic acid groups (broad SMARTS) is 1. The molecule has 0 aromatic heterocycles. The summed E-state index contributed by atoms with van der Waals surface area (Å²) >= 11 is 0. The SMILES string of the molecule is COc1cccc(OCC(=O)N(C)CC(=O)N2CCC[C@@H](C(=O)O)C2)c1.